The summed E-state index contributed by atoms with van der Waals surface area (Å²) < 4.78 is 4.75. The Morgan fingerprint density at radius 3 is 3.00 bits per heavy atom. The van der Waals surface area contributed by atoms with E-state index in [4.69, 9.17) is 9.63 Å². The molecule has 66 valence electrons. The molecule has 2 heterocycles. The summed E-state index contributed by atoms with van der Waals surface area (Å²) in [6.45, 7) is 0. The van der Waals surface area contributed by atoms with Crippen LogP contribution in [-0.4, -0.2) is 26.2 Å². The third-order valence-electron chi connectivity index (χ3n) is 1.46. The zero-order chi connectivity index (χ0) is 9.26. The number of aromatic nitrogens is 3. The molecule has 2 rings (SSSR count). The molecular weight excluding hydrogens is 174 g/mol. The van der Waals surface area contributed by atoms with Crippen molar-refractivity contribution in [2.75, 3.05) is 0 Å². The lowest BCUT2D eigenvalue weighted by molar-refractivity contribution is 0.0686. The van der Waals surface area contributed by atoms with Gasteiger partial charge in [0.05, 0.1) is 0 Å². The number of nitrogens with zero attached hydrogens (tertiary/aromatic N) is 2. The van der Waals surface area contributed by atoms with Crippen LogP contribution in [0.25, 0.3) is 11.6 Å². The molecule has 0 aliphatic carbocycles. The Labute approximate surface area is 72.2 Å². The van der Waals surface area contributed by atoms with Crippen molar-refractivity contribution in [3.8, 4) is 11.6 Å². The van der Waals surface area contributed by atoms with Crippen LogP contribution < -0.4 is 0 Å². The second-order valence-corrected chi connectivity index (χ2v) is 2.32. The van der Waals surface area contributed by atoms with Crippen LogP contribution in [0.15, 0.2) is 23.0 Å². The first-order valence-corrected chi connectivity index (χ1v) is 3.47. The van der Waals surface area contributed by atoms with Gasteiger partial charge in [-0.1, -0.05) is 5.16 Å². The van der Waals surface area contributed by atoms with Crippen molar-refractivity contribution in [3.63, 3.8) is 0 Å². The van der Waals surface area contributed by atoms with Crippen LogP contribution in [0.4, 0.5) is 0 Å². The molecule has 0 aliphatic rings. The number of carbonyl (C=O) groups is 1. The van der Waals surface area contributed by atoms with E-state index in [1.807, 2.05) is 0 Å². The van der Waals surface area contributed by atoms with Crippen molar-refractivity contribution in [3.05, 3.63) is 24.2 Å². The topological polar surface area (TPSA) is 92.0 Å². The van der Waals surface area contributed by atoms with Gasteiger partial charge in [0.15, 0.2) is 11.5 Å². The number of hydrogen-bond donors (Lipinski definition) is 2. The molecule has 2 aromatic rings. The smallest absolute Gasteiger partial charge is 0.358 e. The lowest BCUT2D eigenvalue weighted by Gasteiger charge is -1.83. The van der Waals surface area contributed by atoms with Crippen molar-refractivity contribution in [1.29, 1.82) is 0 Å². The van der Waals surface area contributed by atoms with Gasteiger partial charge in [0, 0.05) is 18.5 Å². The summed E-state index contributed by atoms with van der Waals surface area (Å²) in [7, 11) is 0. The molecule has 6 heteroatoms. The fourth-order valence-electron chi connectivity index (χ4n) is 0.888. The number of imidazole rings is 1. The van der Waals surface area contributed by atoms with Crippen LogP contribution in [0, 0.1) is 0 Å². The molecule has 2 N–H and O–H groups in total. The number of aromatic carboxylic acids is 1. The molecule has 0 spiro atoms. The quantitative estimate of drug-likeness (QED) is 0.710. The van der Waals surface area contributed by atoms with Gasteiger partial charge in [-0.05, 0) is 0 Å². The van der Waals surface area contributed by atoms with Gasteiger partial charge in [-0.15, -0.1) is 0 Å². The number of carboxylic acids is 1. The largest absolute Gasteiger partial charge is 0.476 e. The van der Waals surface area contributed by atoms with Gasteiger partial charge in [-0.25, -0.2) is 9.78 Å². The molecule has 0 saturated heterocycles. The summed E-state index contributed by atoms with van der Waals surface area (Å²) >= 11 is 0. The second-order valence-electron chi connectivity index (χ2n) is 2.32. The van der Waals surface area contributed by atoms with Gasteiger partial charge in [-0.3, -0.25) is 0 Å². The molecule has 0 fully saturated rings. The van der Waals surface area contributed by atoms with Crippen molar-refractivity contribution < 1.29 is 14.4 Å². The van der Waals surface area contributed by atoms with Gasteiger partial charge in [0.1, 0.15) is 0 Å². The molecule has 0 bridgehead atoms. The van der Waals surface area contributed by atoms with Crippen LogP contribution in [-0.2, 0) is 0 Å². The second kappa shape index (κ2) is 2.74. The highest BCUT2D eigenvalue weighted by Crippen LogP contribution is 2.14. The lowest BCUT2D eigenvalue weighted by atomic mass is 10.3. The first-order chi connectivity index (χ1) is 6.27. The predicted molar refractivity (Wildman–Crippen MR) is 41.0 cm³/mol. The van der Waals surface area contributed by atoms with Crippen LogP contribution in [0.2, 0.25) is 0 Å². The fraction of sp³-hybridized carbons (Fsp3) is 0. The Morgan fingerprint density at radius 1 is 1.62 bits per heavy atom. The summed E-state index contributed by atoms with van der Waals surface area (Å²) in [5.41, 5.74) is -0.133. The molecule has 0 amide bonds. The first kappa shape index (κ1) is 7.53. The number of carboxylic acid groups (broad SMARTS) is 1. The van der Waals surface area contributed by atoms with E-state index in [0.717, 1.165) is 0 Å². The number of nitrogens with one attached hydrogen (secondary N) is 1. The number of hydrogen-bond acceptors (Lipinski definition) is 4. The molecule has 2 aromatic heterocycles. The van der Waals surface area contributed by atoms with E-state index in [2.05, 4.69) is 15.1 Å². The molecule has 0 unspecified atom stereocenters. The van der Waals surface area contributed by atoms with Crippen LogP contribution in [0.5, 0.6) is 0 Å². The van der Waals surface area contributed by atoms with Crippen LogP contribution in [0.3, 0.4) is 0 Å². The standard InChI is InChI=1S/C7H5N3O3/c11-7(12)4-3-5(13-10-4)6-8-1-2-9-6/h1-3H,(H,8,9)(H,11,12). The van der Waals surface area contributed by atoms with Gasteiger partial charge < -0.3 is 14.6 Å². The zero-order valence-electron chi connectivity index (χ0n) is 6.39. The number of aromatic amines is 1. The minimum absolute atomic E-state index is 0.133. The lowest BCUT2D eigenvalue weighted by Crippen LogP contribution is -1.94. The molecule has 0 saturated carbocycles. The van der Waals surface area contributed by atoms with E-state index in [1.165, 1.54) is 12.3 Å². The Kier molecular flexibility index (Phi) is 1.59. The number of H-pyrrole nitrogens is 1. The maximum absolute atomic E-state index is 10.4. The molecular formula is C7H5N3O3. The summed E-state index contributed by atoms with van der Waals surface area (Å²) in [6, 6.07) is 1.31. The van der Waals surface area contributed by atoms with Crippen LogP contribution >= 0.6 is 0 Å². The van der Waals surface area contributed by atoms with E-state index < -0.39 is 5.97 Å². The van der Waals surface area contributed by atoms with Crippen LogP contribution in [0.1, 0.15) is 10.5 Å². The molecule has 0 atom stereocenters. The predicted octanol–water partition coefficient (Wildman–Crippen LogP) is 0.763. The molecule has 6 nitrogen and oxygen atoms in total. The monoisotopic (exact) mass is 179 g/mol. The Bertz CT molecular complexity index is 418. The zero-order valence-corrected chi connectivity index (χ0v) is 6.39. The van der Waals surface area contributed by atoms with Crippen molar-refractivity contribution in [2.24, 2.45) is 0 Å². The van der Waals surface area contributed by atoms with Gasteiger partial charge in [0.25, 0.3) is 0 Å². The molecule has 0 aliphatic heterocycles. The highest BCUT2D eigenvalue weighted by Gasteiger charge is 2.12. The summed E-state index contributed by atoms with van der Waals surface area (Å²) in [5, 5.41) is 11.9. The van der Waals surface area contributed by atoms with E-state index in [-0.39, 0.29) is 5.69 Å². The Hall–Kier alpha value is -2.11. The normalized spacial score (nSPS) is 10.2. The van der Waals surface area contributed by atoms with E-state index in [9.17, 15) is 4.79 Å². The SMILES string of the molecule is O=C(O)c1cc(-c2ncc[nH]2)on1. The third-order valence-corrected chi connectivity index (χ3v) is 1.46. The van der Waals surface area contributed by atoms with Gasteiger partial charge in [0.2, 0.25) is 5.76 Å². The van der Waals surface area contributed by atoms with E-state index in [1.54, 1.807) is 6.20 Å². The summed E-state index contributed by atoms with van der Waals surface area (Å²) in [6.07, 6.45) is 3.15. The van der Waals surface area contributed by atoms with Crippen molar-refractivity contribution in [2.45, 2.75) is 0 Å². The molecule has 0 radical (unpaired) electrons. The van der Waals surface area contributed by atoms with E-state index >= 15 is 0 Å². The maximum atomic E-state index is 10.4. The summed E-state index contributed by atoms with van der Waals surface area (Å²) in [4.78, 5) is 17.1. The Morgan fingerprint density at radius 2 is 2.46 bits per heavy atom. The highest BCUT2D eigenvalue weighted by molar-refractivity contribution is 5.86. The first-order valence-electron chi connectivity index (χ1n) is 3.47. The van der Waals surface area contributed by atoms with Gasteiger partial charge >= 0.3 is 5.97 Å². The average Bonchev–Trinajstić information content (AvgIpc) is 2.75. The average molecular weight is 179 g/mol. The van der Waals surface area contributed by atoms with E-state index in [0.29, 0.717) is 11.6 Å². The maximum Gasteiger partial charge on any atom is 0.358 e. The van der Waals surface area contributed by atoms with Gasteiger partial charge in [-0.2, -0.15) is 0 Å². The minimum Gasteiger partial charge on any atom is -0.476 e. The minimum atomic E-state index is -1.12. The van der Waals surface area contributed by atoms with Crippen molar-refractivity contribution >= 4 is 5.97 Å². The third kappa shape index (κ3) is 1.28. The number of rotatable bonds is 2. The molecule has 0 aromatic carbocycles. The summed E-state index contributed by atoms with van der Waals surface area (Å²) in [5.74, 6) is -0.357. The molecule has 13 heavy (non-hydrogen) atoms. The van der Waals surface area contributed by atoms with Crippen molar-refractivity contribution in [1.82, 2.24) is 15.1 Å². The fourth-order valence-corrected chi connectivity index (χ4v) is 0.888. The Balaban J connectivity index is 2.39. The highest BCUT2D eigenvalue weighted by atomic mass is 16.5.